The summed E-state index contributed by atoms with van der Waals surface area (Å²) in [6.07, 6.45) is 5.79. The number of nitrogens with one attached hydrogen (secondary N) is 2. The number of aromatic nitrogens is 2. The number of imidazole rings is 1. The topological polar surface area (TPSA) is 93.1 Å². The van der Waals surface area contributed by atoms with Crippen LogP contribution >= 0.6 is 11.3 Å². The fraction of sp³-hybridized carbons (Fsp3) is 0.273. The second kappa shape index (κ2) is 10.5. The van der Waals surface area contributed by atoms with E-state index in [0.29, 0.717) is 4.88 Å². The first-order valence-electron chi connectivity index (χ1n) is 9.74. The van der Waals surface area contributed by atoms with Crippen LogP contribution in [-0.4, -0.2) is 33.7 Å². The number of nitrogens with zero attached hydrogens (tertiary/aromatic N) is 2. The summed E-state index contributed by atoms with van der Waals surface area (Å²) in [5, 5.41) is 7.46. The van der Waals surface area contributed by atoms with Crippen molar-refractivity contribution >= 4 is 28.9 Å². The van der Waals surface area contributed by atoms with Crippen LogP contribution in [0, 0.1) is 0 Å². The lowest BCUT2D eigenvalue weighted by Crippen LogP contribution is -2.32. The van der Waals surface area contributed by atoms with Gasteiger partial charge in [-0.2, -0.15) is 0 Å². The van der Waals surface area contributed by atoms with Gasteiger partial charge in [-0.05, 0) is 36.1 Å². The molecule has 0 spiro atoms. The van der Waals surface area contributed by atoms with Crippen molar-refractivity contribution in [1.29, 1.82) is 0 Å². The Labute approximate surface area is 179 Å². The van der Waals surface area contributed by atoms with Crippen molar-refractivity contribution < 1.29 is 14.4 Å². The maximum absolute atomic E-state index is 12.2. The standard InChI is InChI=1S/C22H24N4O3S/c1-16(17-4-6-18(7-5-17)26-13-12-23-15-26)25-22(29)10-11-24-21(28)9-8-19(27)20-3-2-14-30-20/h2-7,12-16H,8-11H2,1H3,(H,24,28)(H,25,29)/t16-/m0/s1. The highest BCUT2D eigenvalue weighted by atomic mass is 32.1. The average molecular weight is 425 g/mol. The first-order chi connectivity index (χ1) is 14.5. The van der Waals surface area contributed by atoms with E-state index < -0.39 is 0 Å². The molecule has 156 valence electrons. The molecule has 3 rings (SSSR count). The molecule has 3 aromatic rings. The molecule has 0 fully saturated rings. The second-order valence-corrected chi connectivity index (χ2v) is 7.80. The predicted molar refractivity (Wildman–Crippen MR) is 116 cm³/mol. The summed E-state index contributed by atoms with van der Waals surface area (Å²) in [5.74, 6) is -0.405. The Balaban J connectivity index is 1.35. The molecule has 2 amide bonds. The van der Waals surface area contributed by atoms with Gasteiger partial charge in [-0.25, -0.2) is 4.98 Å². The third-order valence-electron chi connectivity index (χ3n) is 4.62. The van der Waals surface area contributed by atoms with Crippen LogP contribution in [0.3, 0.4) is 0 Å². The molecule has 0 unspecified atom stereocenters. The summed E-state index contributed by atoms with van der Waals surface area (Å²) in [6, 6.07) is 11.3. The van der Waals surface area contributed by atoms with Crippen molar-refractivity contribution in [2.24, 2.45) is 0 Å². The number of hydrogen-bond donors (Lipinski definition) is 2. The zero-order chi connectivity index (χ0) is 21.3. The Morgan fingerprint density at radius 1 is 1.07 bits per heavy atom. The molecule has 1 aromatic carbocycles. The zero-order valence-electron chi connectivity index (χ0n) is 16.7. The van der Waals surface area contributed by atoms with E-state index >= 15 is 0 Å². The number of rotatable bonds is 10. The summed E-state index contributed by atoms with van der Waals surface area (Å²) < 4.78 is 1.91. The second-order valence-electron chi connectivity index (χ2n) is 6.85. The smallest absolute Gasteiger partial charge is 0.222 e. The molecular weight excluding hydrogens is 400 g/mol. The van der Waals surface area contributed by atoms with Gasteiger partial charge in [-0.1, -0.05) is 18.2 Å². The van der Waals surface area contributed by atoms with E-state index in [4.69, 9.17) is 0 Å². The van der Waals surface area contributed by atoms with Gasteiger partial charge in [0.1, 0.15) is 0 Å². The van der Waals surface area contributed by atoms with Gasteiger partial charge < -0.3 is 15.2 Å². The Kier molecular flexibility index (Phi) is 7.51. The number of carbonyl (C=O) groups excluding carboxylic acids is 3. The summed E-state index contributed by atoms with van der Waals surface area (Å²) in [7, 11) is 0. The molecule has 2 aromatic heterocycles. The minimum absolute atomic E-state index is 0.0363. The average Bonchev–Trinajstić information content (AvgIpc) is 3.46. The lowest BCUT2D eigenvalue weighted by Gasteiger charge is -2.15. The maximum atomic E-state index is 12.2. The van der Waals surface area contributed by atoms with E-state index in [1.807, 2.05) is 53.4 Å². The number of carbonyl (C=O) groups is 3. The first-order valence-corrected chi connectivity index (χ1v) is 10.6. The Bertz CT molecular complexity index is 967. The molecular formula is C22H24N4O3S. The van der Waals surface area contributed by atoms with E-state index in [1.165, 1.54) is 11.3 Å². The van der Waals surface area contributed by atoms with Gasteiger partial charge in [0.25, 0.3) is 0 Å². The molecule has 2 N–H and O–H groups in total. The lowest BCUT2D eigenvalue weighted by atomic mass is 10.1. The van der Waals surface area contributed by atoms with Crippen LogP contribution < -0.4 is 10.6 Å². The molecule has 0 aliphatic heterocycles. The third kappa shape index (κ3) is 6.12. The first kappa shape index (κ1) is 21.4. The van der Waals surface area contributed by atoms with E-state index in [0.717, 1.165) is 11.3 Å². The van der Waals surface area contributed by atoms with Crippen molar-refractivity contribution in [1.82, 2.24) is 20.2 Å². The van der Waals surface area contributed by atoms with Crippen LogP contribution in [0.25, 0.3) is 5.69 Å². The lowest BCUT2D eigenvalue weighted by molar-refractivity contribution is -0.122. The summed E-state index contributed by atoms with van der Waals surface area (Å²) in [4.78, 5) is 40.6. The number of amides is 2. The zero-order valence-corrected chi connectivity index (χ0v) is 17.5. The number of benzene rings is 1. The van der Waals surface area contributed by atoms with Gasteiger partial charge in [-0.15, -0.1) is 11.3 Å². The van der Waals surface area contributed by atoms with Crippen LogP contribution in [0.5, 0.6) is 0 Å². The number of hydrogen-bond acceptors (Lipinski definition) is 5. The van der Waals surface area contributed by atoms with E-state index in [1.54, 1.807) is 18.6 Å². The van der Waals surface area contributed by atoms with Crippen LogP contribution in [-0.2, 0) is 9.59 Å². The Morgan fingerprint density at radius 3 is 2.53 bits per heavy atom. The van der Waals surface area contributed by atoms with Gasteiger partial charge in [0, 0.05) is 43.9 Å². The summed E-state index contributed by atoms with van der Waals surface area (Å²) >= 11 is 1.37. The predicted octanol–water partition coefficient (Wildman–Crippen LogP) is 3.28. The summed E-state index contributed by atoms with van der Waals surface area (Å²) in [6.45, 7) is 2.16. The van der Waals surface area contributed by atoms with Crippen molar-refractivity contribution in [3.05, 3.63) is 70.9 Å². The normalized spacial score (nSPS) is 11.6. The van der Waals surface area contributed by atoms with Gasteiger partial charge >= 0.3 is 0 Å². The molecule has 30 heavy (non-hydrogen) atoms. The van der Waals surface area contributed by atoms with Crippen molar-refractivity contribution in [2.75, 3.05) is 6.54 Å². The van der Waals surface area contributed by atoms with E-state index in [-0.39, 0.29) is 49.4 Å². The molecule has 0 saturated heterocycles. The minimum Gasteiger partial charge on any atom is -0.356 e. The number of Topliss-reactive ketones (excluding diaryl/α,β-unsaturated/α-hetero) is 1. The fourth-order valence-electron chi connectivity index (χ4n) is 2.94. The SMILES string of the molecule is C[C@H](NC(=O)CCNC(=O)CCC(=O)c1cccs1)c1ccc(-n2ccnc2)cc1. The van der Waals surface area contributed by atoms with Crippen LogP contribution in [0.2, 0.25) is 0 Å². The number of thiophene rings is 1. The van der Waals surface area contributed by atoms with E-state index in [2.05, 4.69) is 15.6 Å². The van der Waals surface area contributed by atoms with Crippen LogP contribution in [0.15, 0.2) is 60.5 Å². The monoisotopic (exact) mass is 424 g/mol. The molecule has 0 bridgehead atoms. The molecule has 0 aliphatic rings. The Hall–Kier alpha value is -3.26. The van der Waals surface area contributed by atoms with Gasteiger partial charge in [0.05, 0.1) is 17.2 Å². The van der Waals surface area contributed by atoms with Crippen LogP contribution in [0.4, 0.5) is 0 Å². The molecule has 7 nitrogen and oxygen atoms in total. The molecule has 0 saturated carbocycles. The quantitative estimate of drug-likeness (QED) is 0.489. The van der Waals surface area contributed by atoms with Gasteiger partial charge in [-0.3, -0.25) is 14.4 Å². The molecule has 8 heteroatoms. The minimum atomic E-state index is -0.226. The van der Waals surface area contributed by atoms with Crippen LogP contribution in [0.1, 0.15) is 47.5 Å². The molecule has 0 aliphatic carbocycles. The van der Waals surface area contributed by atoms with Crippen molar-refractivity contribution in [3.63, 3.8) is 0 Å². The molecule has 1 atom stereocenters. The Morgan fingerprint density at radius 2 is 1.87 bits per heavy atom. The molecule has 0 radical (unpaired) electrons. The third-order valence-corrected chi connectivity index (χ3v) is 5.53. The largest absolute Gasteiger partial charge is 0.356 e. The highest BCUT2D eigenvalue weighted by Gasteiger charge is 2.12. The molecule has 2 heterocycles. The van der Waals surface area contributed by atoms with E-state index in [9.17, 15) is 14.4 Å². The maximum Gasteiger partial charge on any atom is 0.222 e. The fourth-order valence-corrected chi connectivity index (χ4v) is 3.63. The number of ketones is 1. The van der Waals surface area contributed by atoms with Crippen molar-refractivity contribution in [2.45, 2.75) is 32.2 Å². The van der Waals surface area contributed by atoms with Gasteiger partial charge in [0.15, 0.2) is 5.78 Å². The van der Waals surface area contributed by atoms with Gasteiger partial charge in [0.2, 0.25) is 11.8 Å². The highest BCUT2D eigenvalue weighted by Crippen LogP contribution is 2.16. The summed E-state index contributed by atoms with van der Waals surface area (Å²) in [5.41, 5.74) is 1.98. The van der Waals surface area contributed by atoms with Crippen molar-refractivity contribution in [3.8, 4) is 5.69 Å². The highest BCUT2D eigenvalue weighted by molar-refractivity contribution is 7.12.